The molecule has 1 unspecified atom stereocenters. The molecule has 0 heterocycles. The number of aryl methyl sites for hydroxylation is 1. The highest BCUT2D eigenvalue weighted by Gasteiger charge is 2.12. The van der Waals surface area contributed by atoms with Crippen molar-refractivity contribution in [3.8, 4) is 0 Å². The third-order valence-corrected chi connectivity index (χ3v) is 3.99. The third-order valence-electron chi connectivity index (χ3n) is 3.99. The number of nitrogens with zero attached hydrogens (tertiary/aromatic N) is 1. The van der Waals surface area contributed by atoms with Gasteiger partial charge in [0.2, 0.25) is 0 Å². The minimum absolute atomic E-state index is 0.0612. The second-order valence-electron chi connectivity index (χ2n) is 6.25. The monoisotopic (exact) mass is 382 g/mol. The number of esters is 1. The van der Waals surface area contributed by atoms with E-state index in [4.69, 9.17) is 4.74 Å². The lowest BCUT2D eigenvalue weighted by Crippen LogP contribution is -2.36. The molecule has 146 valence electrons. The number of para-hydroxylation sites is 1. The first-order valence-electron chi connectivity index (χ1n) is 8.87. The van der Waals surface area contributed by atoms with Crippen LogP contribution in [0, 0.1) is 10.1 Å². The van der Waals surface area contributed by atoms with Gasteiger partial charge in [0, 0.05) is 18.2 Å². The van der Waals surface area contributed by atoms with E-state index in [-0.39, 0.29) is 17.3 Å². The van der Waals surface area contributed by atoms with E-state index in [1.807, 2.05) is 37.3 Å². The highest BCUT2D eigenvalue weighted by atomic mass is 16.6. The molecule has 0 aliphatic carbocycles. The molecule has 1 atom stereocenters. The number of rotatable bonds is 9. The van der Waals surface area contributed by atoms with Crippen molar-refractivity contribution in [2.24, 2.45) is 0 Å². The van der Waals surface area contributed by atoms with Gasteiger partial charge in [0.25, 0.3) is 11.6 Å². The van der Waals surface area contributed by atoms with E-state index < -0.39 is 23.4 Å². The fraction of sp³-hybridized carbons (Fsp3) is 0.238. The molecule has 0 spiro atoms. The summed E-state index contributed by atoms with van der Waals surface area (Å²) in [5, 5.41) is 13.7. The van der Waals surface area contributed by atoms with Gasteiger partial charge in [-0.25, -0.2) is 4.79 Å². The fourth-order valence-corrected chi connectivity index (χ4v) is 2.55. The molecule has 28 heavy (non-hydrogen) atoms. The minimum Gasteiger partial charge on any atom is -0.452 e. The van der Waals surface area contributed by atoms with Crippen molar-refractivity contribution >= 4 is 23.6 Å². The first-order chi connectivity index (χ1) is 13.5. The molecule has 0 aromatic heterocycles. The molecule has 7 heteroatoms. The molecule has 0 fully saturated rings. The largest absolute Gasteiger partial charge is 0.452 e. The van der Waals surface area contributed by atoms with Crippen LogP contribution in [0.1, 0.15) is 24.5 Å². The summed E-state index contributed by atoms with van der Waals surface area (Å²) in [6, 6.07) is 15.9. The van der Waals surface area contributed by atoms with Gasteiger partial charge >= 0.3 is 5.97 Å². The highest BCUT2D eigenvalue weighted by molar-refractivity contribution is 5.89. The van der Waals surface area contributed by atoms with Gasteiger partial charge in [-0.2, -0.15) is 0 Å². The Bertz CT molecular complexity index is 849. The topological polar surface area (TPSA) is 98.5 Å². The van der Waals surface area contributed by atoms with E-state index in [1.165, 1.54) is 29.8 Å². The predicted octanol–water partition coefficient (Wildman–Crippen LogP) is 3.29. The van der Waals surface area contributed by atoms with E-state index in [1.54, 1.807) is 6.07 Å². The zero-order valence-corrected chi connectivity index (χ0v) is 15.5. The van der Waals surface area contributed by atoms with Crippen LogP contribution in [0.3, 0.4) is 0 Å². The Morgan fingerprint density at radius 2 is 1.82 bits per heavy atom. The Morgan fingerprint density at radius 1 is 1.14 bits per heavy atom. The standard InChI is InChI=1S/C21H22N2O5/c1-16(11-12-17-7-3-2-4-8-17)22-20(24)15-28-21(25)14-13-18-9-5-6-10-19(18)23(26)27/h2-10,13-14,16H,11-12,15H2,1H3,(H,22,24)/b14-13+. The van der Waals surface area contributed by atoms with E-state index in [0.29, 0.717) is 0 Å². The normalized spacial score (nSPS) is 11.8. The summed E-state index contributed by atoms with van der Waals surface area (Å²) in [5.74, 6) is -1.14. The Kier molecular flexibility index (Phi) is 7.90. The molecular formula is C21H22N2O5. The Balaban J connectivity index is 1.74. The molecule has 0 saturated heterocycles. The quantitative estimate of drug-likeness (QED) is 0.311. The number of nitrogens with one attached hydrogen (secondary N) is 1. The summed E-state index contributed by atoms with van der Waals surface area (Å²) in [7, 11) is 0. The zero-order valence-electron chi connectivity index (χ0n) is 15.5. The molecule has 0 radical (unpaired) electrons. The van der Waals surface area contributed by atoms with Crippen LogP contribution in [-0.4, -0.2) is 29.4 Å². The van der Waals surface area contributed by atoms with Crippen molar-refractivity contribution in [1.82, 2.24) is 5.32 Å². The van der Waals surface area contributed by atoms with E-state index in [0.717, 1.165) is 18.9 Å². The minimum atomic E-state index is -0.745. The molecule has 2 aromatic carbocycles. The fourth-order valence-electron chi connectivity index (χ4n) is 2.55. The van der Waals surface area contributed by atoms with Crippen molar-refractivity contribution in [3.05, 3.63) is 81.9 Å². The summed E-state index contributed by atoms with van der Waals surface area (Å²) in [6.45, 7) is 1.48. The average Bonchev–Trinajstić information content (AvgIpc) is 2.70. The molecule has 2 rings (SSSR count). The number of hydrogen-bond donors (Lipinski definition) is 1. The van der Waals surface area contributed by atoms with Gasteiger partial charge in [0.15, 0.2) is 6.61 Å². The van der Waals surface area contributed by atoms with E-state index in [2.05, 4.69) is 5.32 Å². The molecule has 7 nitrogen and oxygen atoms in total. The molecule has 0 saturated carbocycles. The van der Waals surface area contributed by atoms with Crippen LogP contribution < -0.4 is 5.32 Å². The lowest BCUT2D eigenvalue weighted by atomic mass is 10.1. The van der Waals surface area contributed by atoms with Gasteiger partial charge in [0.05, 0.1) is 10.5 Å². The zero-order chi connectivity index (χ0) is 20.4. The maximum absolute atomic E-state index is 11.9. The van der Waals surface area contributed by atoms with Crippen LogP contribution in [0.2, 0.25) is 0 Å². The highest BCUT2D eigenvalue weighted by Crippen LogP contribution is 2.18. The second-order valence-corrected chi connectivity index (χ2v) is 6.25. The van der Waals surface area contributed by atoms with Crippen molar-refractivity contribution < 1.29 is 19.2 Å². The summed E-state index contributed by atoms with van der Waals surface area (Å²) in [6.07, 6.45) is 3.96. The Morgan fingerprint density at radius 3 is 2.54 bits per heavy atom. The number of ether oxygens (including phenoxy) is 1. The van der Waals surface area contributed by atoms with Crippen molar-refractivity contribution in [3.63, 3.8) is 0 Å². The van der Waals surface area contributed by atoms with Crippen LogP contribution >= 0.6 is 0 Å². The van der Waals surface area contributed by atoms with Crippen molar-refractivity contribution in [2.75, 3.05) is 6.61 Å². The predicted molar refractivity (Wildman–Crippen MR) is 105 cm³/mol. The number of carbonyl (C=O) groups excluding carboxylic acids is 2. The molecule has 0 bridgehead atoms. The smallest absolute Gasteiger partial charge is 0.331 e. The number of nitro groups is 1. The molecular weight excluding hydrogens is 360 g/mol. The van der Waals surface area contributed by atoms with Crippen molar-refractivity contribution in [2.45, 2.75) is 25.8 Å². The Labute approximate surface area is 163 Å². The van der Waals surface area contributed by atoms with Crippen LogP contribution in [0.5, 0.6) is 0 Å². The number of carbonyl (C=O) groups is 2. The summed E-state index contributed by atoms with van der Waals surface area (Å²) < 4.78 is 4.88. The lowest BCUT2D eigenvalue weighted by Gasteiger charge is -2.13. The molecule has 2 aromatic rings. The second kappa shape index (κ2) is 10.6. The van der Waals surface area contributed by atoms with Gasteiger partial charge in [-0.15, -0.1) is 0 Å². The van der Waals surface area contributed by atoms with E-state index >= 15 is 0 Å². The maximum Gasteiger partial charge on any atom is 0.331 e. The van der Waals surface area contributed by atoms with Crippen LogP contribution in [0.25, 0.3) is 6.08 Å². The molecule has 0 aliphatic rings. The number of nitro benzene ring substituents is 1. The van der Waals surface area contributed by atoms with Gasteiger partial charge in [0.1, 0.15) is 0 Å². The van der Waals surface area contributed by atoms with E-state index in [9.17, 15) is 19.7 Å². The third kappa shape index (κ3) is 7.03. The van der Waals surface area contributed by atoms with Crippen LogP contribution in [0.15, 0.2) is 60.7 Å². The Hall–Kier alpha value is -3.48. The summed E-state index contributed by atoms with van der Waals surface area (Å²) in [5.41, 5.74) is 1.36. The lowest BCUT2D eigenvalue weighted by molar-refractivity contribution is -0.385. The number of amides is 1. The van der Waals surface area contributed by atoms with Gasteiger partial charge in [-0.1, -0.05) is 42.5 Å². The van der Waals surface area contributed by atoms with Gasteiger partial charge in [-0.05, 0) is 37.5 Å². The van der Waals surface area contributed by atoms with Gasteiger partial charge < -0.3 is 10.1 Å². The number of benzene rings is 2. The molecule has 1 N–H and O–H groups in total. The maximum atomic E-state index is 11.9. The molecule has 1 amide bonds. The van der Waals surface area contributed by atoms with Crippen LogP contribution in [-0.2, 0) is 20.7 Å². The summed E-state index contributed by atoms with van der Waals surface area (Å²) >= 11 is 0. The van der Waals surface area contributed by atoms with Gasteiger partial charge in [-0.3, -0.25) is 14.9 Å². The first kappa shape index (κ1) is 20.8. The number of hydrogen-bond acceptors (Lipinski definition) is 5. The molecule has 0 aliphatic heterocycles. The van der Waals surface area contributed by atoms with Crippen LogP contribution in [0.4, 0.5) is 5.69 Å². The SMILES string of the molecule is CC(CCc1ccccc1)NC(=O)COC(=O)/C=C/c1ccccc1[N+](=O)[O-]. The average molecular weight is 382 g/mol. The van der Waals surface area contributed by atoms with Crippen molar-refractivity contribution in [1.29, 1.82) is 0 Å². The first-order valence-corrected chi connectivity index (χ1v) is 8.87. The summed E-state index contributed by atoms with van der Waals surface area (Å²) in [4.78, 5) is 34.0.